The van der Waals surface area contributed by atoms with Gasteiger partial charge < -0.3 is 15.0 Å². The molecule has 0 fully saturated rings. The fourth-order valence-corrected chi connectivity index (χ4v) is 4.59. The first-order chi connectivity index (χ1) is 18.2. The van der Waals surface area contributed by atoms with Crippen LogP contribution in [-0.4, -0.2) is 34.9 Å². The fraction of sp³-hybridized carbons (Fsp3) is 0.375. The molecule has 3 rings (SSSR count). The lowest BCUT2D eigenvalue weighted by atomic mass is 9.87. The van der Waals surface area contributed by atoms with Crippen LogP contribution in [0.1, 0.15) is 58.2 Å². The van der Waals surface area contributed by atoms with Crippen molar-refractivity contribution in [3.63, 3.8) is 0 Å². The van der Waals surface area contributed by atoms with Gasteiger partial charge in [0, 0.05) is 28.5 Å². The molecule has 1 N–H and O–H groups in total. The number of nitrogens with zero attached hydrogens (tertiary/aromatic N) is 1. The summed E-state index contributed by atoms with van der Waals surface area (Å²) in [5, 5.41) is 3.97. The molecule has 2 amide bonds. The lowest BCUT2D eigenvalue weighted by molar-refractivity contribution is -0.143. The average Bonchev–Trinajstić information content (AvgIpc) is 2.85. The largest absolute Gasteiger partial charge is 0.484 e. The van der Waals surface area contributed by atoms with E-state index in [1.807, 2.05) is 75.4 Å². The average molecular weight is 570 g/mol. The third kappa shape index (κ3) is 9.29. The van der Waals surface area contributed by atoms with Crippen LogP contribution in [0.5, 0.6) is 5.75 Å². The molecule has 7 heteroatoms. The standard InChI is InChI=1S/C32H38Cl2N2O3/c1-31(2,3)24-13-16-26(17-14-24)39-21-29(37)36(20-23-12-15-25(33)19-27(23)34)28(30(38)35-32(4,5)6)18-22-10-8-7-9-11-22/h7-17,19,28H,18,20-21H2,1-6H3,(H,35,38)/t28-/m0/s1. The summed E-state index contributed by atoms with van der Waals surface area (Å²) < 4.78 is 5.91. The number of hydrogen-bond donors (Lipinski definition) is 1. The van der Waals surface area contributed by atoms with E-state index < -0.39 is 11.6 Å². The Labute approximate surface area is 242 Å². The highest BCUT2D eigenvalue weighted by atomic mass is 35.5. The minimum Gasteiger partial charge on any atom is -0.484 e. The molecular weight excluding hydrogens is 531 g/mol. The number of benzene rings is 3. The van der Waals surface area contributed by atoms with E-state index in [9.17, 15) is 9.59 Å². The predicted molar refractivity (Wildman–Crippen MR) is 159 cm³/mol. The van der Waals surface area contributed by atoms with Gasteiger partial charge in [-0.3, -0.25) is 9.59 Å². The minimum atomic E-state index is -0.794. The topological polar surface area (TPSA) is 58.6 Å². The summed E-state index contributed by atoms with van der Waals surface area (Å²) in [7, 11) is 0. The molecule has 0 heterocycles. The van der Waals surface area contributed by atoms with E-state index in [2.05, 4.69) is 26.1 Å². The maximum absolute atomic E-state index is 13.8. The van der Waals surface area contributed by atoms with Crippen molar-refractivity contribution in [2.24, 2.45) is 0 Å². The molecule has 0 spiro atoms. The van der Waals surface area contributed by atoms with Crippen molar-refractivity contribution in [1.29, 1.82) is 0 Å². The Bertz CT molecular complexity index is 1260. The molecule has 0 aromatic heterocycles. The number of amides is 2. The second-order valence-corrected chi connectivity index (χ2v) is 12.6. The quantitative estimate of drug-likeness (QED) is 0.296. The van der Waals surface area contributed by atoms with Gasteiger partial charge in [0.2, 0.25) is 5.91 Å². The van der Waals surface area contributed by atoms with Gasteiger partial charge >= 0.3 is 0 Å². The predicted octanol–water partition coefficient (Wildman–Crippen LogP) is 7.22. The molecule has 0 aliphatic rings. The van der Waals surface area contributed by atoms with E-state index in [1.165, 1.54) is 5.56 Å². The molecule has 39 heavy (non-hydrogen) atoms. The minimum absolute atomic E-state index is 0.00801. The summed E-state index contributed by atoms with van der Waals surface area (Å²) in [5.74, 6) is 0.00445. The molecule has 0 saturated heterocycles. The maximum Gasteiger partial charge on any atom is 0.261 e. The monoisotopic (exact) mass is 568 g/mol. The Balaban J connectivity index is 1.93. The van der Waals surface area contributed by atoms with E-state index in [1.54, 1.807) is 23.1 Å². The van der Waals surface area contributed by atoms with Crippen LogP contribution in [0.15, 0.2) is 72.8 Å². The first kappa shape index (κ1) is 30.5. The third-order valence-corrected chi connectivity index (χ3v) is 6.79. The van der Waals surface area contributed by atoms with Crippen LogP contribution in [0.25, 0.3) is 0 Å². The molecule has 0 saturated carbocycles. The van der Waals surface area contributed by atoms with Crippen molar-refractivity contribution in [3.05, 3.63) is 99.5 Å². The molecular formula is C32H38Cl2N2O3. The zero-order valence-corrected chi connectivity index (χ0v) is 25.1. The van der Waals surface area contributed by atoms with E-state index in [0.29, 0.717) is 27.8 Å². The van der Waals surface area contributed by atoms with Gasteiger partial charge in [0.05, 0.1) is 0 Å². The van der Waals surface area contributed by atoms with Gasteiger partial charge in [0.25, 0.3) is 5.91 Å². The Morgan fingerprint density at radius 3 is 2.10 bits per heavy atom. The highest BCUT2D eigenvalue weighted by Crippen LogP contribution is 2.26. The number of nitrogens with one attached hydrogen (secondary N) is 1. The summed E-state index contributed by atoms with van der Waals surface area (Å²) in [5.41, 5.74) is 2.32. The van der Waals surface area contributed by atoms with Crippen molar-refractivity contribution in [2.75, 3.05) is 6.61 Å². The van der Waals surface area contributed by atoms with Crippen LogP contribution in [0.2, 0.25) is 10.0 Å². The van der Waals surface area contributed by atoms with Gasteiger partial charge in [-0.05, 0) is 67.1 Å². The maximum atomic E-state index is 13.8. The van der Waals surface area contributed by atoms with E-state index in [-0.39, 0.29) is 30.4 Å². The summed E-state index contributed by atoms with van der Waals surface area (Å²) in [4.78, 5) is 29.0. The molecule has 0 unspecified atom stereocenters. The summed E-state index contributed by atoms with van der Waals surface area (Å²) in [6.45, 7) is 12.1. The number of carbonyl (C=O) groups excluding carboxylic acids is 2. The second kappa shape index (κ2) is 12.9. The highest BCUT2D eigenvalue weighted by molar-refractivity contribution is 6.35. The van der Waals surface area contributed by atoms with Crippen LogP contribution < -0.4 is 10.1 Å². The molecule has 208 valence electrons. The summed E-state index contributed by atoms with van der Waals surface area (Å²) in [6, 6.07) is 21.7. The van der Waals surface area contributed by atoms with Gasteiger partial charge in [-0.25, -0.2) is 0 Å². The van der Waals surface area contributed by atoms with Crippen molar-refractivity contribution >= 4 is 35.0 Å². The van der Waals surface area contributed by atoms with E-state index in [4.69, 9.17) is 27.9 Å². The number of hydrogen-bond acceptors (Lipinski definition) is 3. The summed E-state index contributed by atoms with van der Waals surface area (Å²) in [6.07, 6.45) is 0.333. The molecule has 5 nitrogen and oxygen atoms in total. The first-order valence-electron chi connectivity index (χ1n) is 13.1. The van der Waals surface area contributed by atoms with Gasteiger partial charge in [0.1, 0.15) is 11.8 Å². The number of halogens is 2. The van der Waals surface area contributed by atoms with Crippen molar-refractivity contribution in [1.82, 2.24) is 10.2 Å². The van der Waals surface area contributed by atoms with E-state index >= 15 is 0 Å². The number of rotatable bonds is 9. The number of carbonyl (C=O) groups is 2. The first-order valence-corrected chi connectivity index (χ1v) is 13.8. The van der Waals surface area contributed by atoms with E-state index in [0.717, 1.165) is 5.56 Å². The Kier molecular flexibility index (Phi) is 10.1. The van der Waals surface area contributed by atoms with Crippen LogP contribution in [0.4, 0.5) is 0 Å². The second-order valence-electron chi connectivity index (χ2n) is 11.8. The zero-order chi connectivity index (χ0) is 28.8. The molecule has 0 bridgehead atoms. The fourth-order valence-electron chi connectivity index (χ4n) is 4.12. The summed E-state index contributed by atoms with van der Waals surface area (Å²) >= 11 is 12.6. The van der Waals surface area contributed by atoms with Crippen LogP contribution in [0, 0.1) is 0 Å². The Hall–Kier alpha value is -3.02. The van der Waals surface area contributed by atoms with Crippen molar-refractivity contribution in [3.8, 4) is 5.75 Å². The van der Waals surface area contributed by atoms with Gasteiger partial charge in [0.15, 0.2) is 6.61 Å². The molecule has 3 aromatic carbocycles. The third-order valence-electron chi connectivity index (χ3n) is 6.21. The van der Waals surface area contributed by atoms with Crippen LogP contribution in [0.3, 0.4) is 0 Å². The Morgan fingerprint density at radius 1 is 0.897 bits per heavy atom. The smallest absolute Gasteiger partial charge is 0.261 e. The normalized spacial score (nSPS) is 12.5. The lowest BCUT2D eigenvalue weighted by Gasteiger charge is -2.34. The molecule has 0 aliphatic carbocycles. The van der Waals surface area contributed by atoms with Gasteiger partial charge in [-0.2, -0.15) is 0 Å². The van der Waals surface area contributed by atoms with Gasteiger partial charge in [-0.15, -0.1) is 0 Å². The van der Waals surface area contributed by atoms with Gasteiger partial charge in [-0.1, -0.05) is 92.5 Å². The van der Waals surface area contributed by atoms with Crippen molar-refractivity contribution in [2.45, 2.75) is 71.5 Å². The zero-order valence-electron chi connectivity index (χ0n) is 23.6. The number of ether oxygens (including phenoxy) is 1. The van der Waals surface area contributed by atoms with Crippen molar-refractivity contribution < 1.29 is 14.3 Å². The molecule has 0 aliphatic heterocycles. The molecule has 3 aromatic rings. The SMILES string of the molecule is CC(C)(C)NC(=O)[C@H](Cc1ccccc1)N(Cc1ccc(Cl)cc1Cl)C(=O)COc1ccc(C(C)(C)C)cc1. The van der Waals surface area contributed by atoms with Crippen LogP contribution >= 0.6 is 23.2 Å². The Morgan fingerprint density at radius 2 is 1.54 bits per heavy atom. The lowest BCUT2D eigenvalue weighted by Crippen LogP contribution is -2.55. The highest BCUT2D eigenvalue weighted by Gasteiger charge is 2.33. The molecule has 1 atom stereocenters. The van der Waals surface area contributed by atoms with Crippen LogP contribution in [-0.2, 0) is 28.0 Å². The molecule has 0 radical (unpaired) electrons.